The number of phenolic OH excluding ortho intramolecular Hbond substituents is 2. The number of hydrogen-bond donors (Lipinski definition) is 6. The van der Waals surface area contributed by atoms with Gasteiger partial charge in [0.15, 0.2) is 17.1 Å². The maximum atomic E-state index is 12.6. The Balaban J connectivity index is 0.000000197. The fourth-order valence-corrected chi connectivity index (χ4v) is 12.0. The van der Waals surface area contributed by atoms with Crippen LogP contribution in [0.1, 0.15) is 76.9 Å². The number of nitrogens with one attached hydrogen (secondary N) is 2. The molecule has 0 saturated carbocycles. The molecule has 2 aromatic heterocycles. The molecule has 0 bridgehead atoms. The van der Waals surface area contributed by atoms with Crippen LogP contribution in [0.5, 0.6) is 23.3 Å². The van der Waals surface area contributed by atoms with E-state index in [9.17, 15) is 37.3 Å². The van der Waals surface area contributed by atoms with E-state index in [0.29, 0.717) is 48.8 Å². The van der Waals surface area contributed by atoms with Gasteiger partial charge in [-0.3, -0.25) is 0 Å². The molecule has 1 fully saturated rings. The van der Waals surface area contributed by atoms with Gasteiger partial charge in [-0.2, -0.15) is 19.6 Å². The van der Waals surface area contributed by atoms with Crippen molar-refractivity contribution in [3.05, 3.63) is 167 Å². The Morgan fingerprint density at radius 3 is 1.53 bits per heavy atom. The van der Waals surface area contributed by atoms with Crippen LogP contribution < -0.4 is 14.3 Å². The smallest absolute Gasteiger partial charge is 0.243 e. The summed E-state index contributed by atoms with van der Waals surface area (Å²) in [6.45, 7) is 20.5. The Labute approximate surface area is 548 Å². The molecule has 3 heterocycles. The quantitative estimate of drug-likeness (QED) is 0.0222. The molecule has 491 valence electrons. The molecule has 92 heavy (non-hydrogen) atoms. The van der Waals surface area contributed by atoms with Crippen molar-refractivity contribution >= 4 is 60.3 Å². The second-order valence-electron chi connectivity index (χ2n) is 22.9. The molecular formula is C66H81CoN12O11S2+. The predicted molar refractivity (Wildman–Crippen MR) is 351 cm³/mol. The summed E-state index contributed by atoms with van der Waals surface area (Å²) >= 11 is 0. The predicted octanol–water partition coefficient (Wildman–Crippen LogP) is 11.6. The normalized spacial score (nSPS) is 14.5. The van der Waals surface area contributed by atoms with Gasteiger partial charge in [0.1, 0.15) is 37.0 Å². The minimum Gasteiger partial charge on any atom is -0.506 e. The zero-order valence-electron chi connectivity index (χ0n) is 53.3. The topological polar surface area (TPSA) is 292 Å². The van der Waals surface area contributed by atoms with Gasteiger partial charge in [0.05, 0.1) is 58.0 Å². The van der Waals surface area contributed by atoms with Crippen LogP contribution in [0.3, 0.4) is 0 Å². The Bertz CT molecular complexity index is 3920. The van der Waals surface area contributed by atoms with E-state index in [1.54, 1.807) is 38.1 Å². The van der Waals surface area contributed by atoms with Gasteiger partial charge in [0.2, 0.25) is 31.8 Å². The molecule has 7 aromatic rings. The van der Waals surface area contributed by atoms with Gasteiger partial charge in [-0.1, -0.05) is 56.3 Å². The average Bonchev–Trinajstić information content (AvgIpc) is 0.993. The van der Waals surface area contributed by atoms with E-state index in [2.05, 4.69) is 120 Å². The number of aromatic nitrogens is 4. The van der Waals surface area contributed by atoms with E-state index in [-0.39, 0.29) is 103 Å². The molecule has 1 aliphatic heterocycles. The zero-order valence-corrected chi connectivity index (χ0v) is 55.9. The van der Waals surface area contributed by atoms with Crippen molar-refractivity contribution in [2.75, 3.05) is 71.6 Å². The number of benzene rings is 5. The average molecular weight is 1340 g/mol. The molecule has 2 aliphatic carbocycles. The summed E-state index contributed by atoms with van der Waals surface area (Å²) in [6.07, 6.45) is 10.3. The molecule has 3 aliphatic rings. The fraction of sp³-hybridized carbons (Fsp3) is 0.348. The number of aromatic hydroxyl groups is 4. The first kappa shape index (κ1) is 71.3. The van der Waals surface area contributed by atoms with Gasteiger partial charge >= 0.3 is 0 Å². The van der Waals surface area contributed by atoms with E-state index in [1.165, 1.54) is 79.4 Å². The van der Waals surface area contributed by atoms with Crippen molar-refractivity contribution in [2.24, 2.45) is 20.5 Å². The number of anilines is 1. The molecule has 1 radical (unpaired) electrons. The number of fused-ring (bicyclic) bond motifs is 2. The summed E-state index contributed by atoms with van der Waals surface area (Å²) in [4.78, 5) is 2.30. The number of morpholine rings is 1. The molecule has 0 amide bonds. The fourth-order valence-electron chi connectivity index (χ4n) is 9.85. The number of para-hydroxylation sites is 2. The molecule has 5 aromatic carbocycles. The monoisotopic (exact) mass is 1340 g/mol. The third-order valence-corrected chi connectivity index (χ3v) is 17.7. The third kappa shape index (κ3) is 18.1. The molecular weight excluding hydrogens is 1260 g/mol. The number of aryl methyl sites for hydroxylation is 2. The van der Waals surface area contributed by atoms with E-state index in [0.717, 1.165) is 26.3 Å². The first-order valence-electron chi connectivity index (χ1n) is 29.9. The number of sulfonamides is 2. The second kappa shape index (κ2) is 31.9. The van der Waals surface area contributed by atoms with Gasteiger partial charge in [-0.15, -0.1) is 20.5 Å². The summed E-state index contributed by atoms with van der Waals surface area (Å²) < 4.78 is 76.4. The van der Waals surface area contributed by atoms with Crippen LogP contribution in [0.2, 0.25) is 0 Å². The van der Waals surface area contributed by atoms with Crippen molar-refractivity contribution in [2.45, 2.75) is 95.6 Å². The van der Waals surface area contributed by atoms with Gasteiger partial charge in [0, 0.05) is 79.4 Å². The number of hydrogen-bond acceptors (Lipinski definition) is 18. The Morgan fingerprint density at radius 1 is 0.620 bits per heavy atom. The SMILES string of the molecule is C[N+](C)=C1C=CC2=Cc3ccc(N4CCOCC4)cc3C(C)(C)C2=C1.Cc1nn(-c2ccccc2)c(O)c1N=Nc1cc(S(=O)(=O)NCCCOC(C)C)ccc1O.Cc1nn(-c2ccccc2)c(O)c1N=Nc1cc(S(=O)(=O)NCCCOC(C)C)ccc1O.[Co]. The summed E-state index contributed by atoms with van der Waals surface area (Å²) in [7, 11) is -3.43. The van der Waals surface area contributed by atoms with E-state index < -0.39 is 20.0 Å². The number of allylic oxidation sites excluding steroid dienone is 5. The maximum Gasteiger partial charge on any atom is 0.243 e. The van der Waals surface area contributed by atoms with E-state index in [1.807, 2.05) is 64.1 Å². The minimum absolute atomic E-state index is 0. The van der Waals surface area contributed by atoms with Crippen molar-refractivity contribution in [3.63, 3.8) is 0 Å². The third-order valence-electron chi connectivity index (χ3n) is 14.8. The standard InChI is InChI=1S/2C22H27N5O5S.C22H27N2O.Co/c2*1-15(2)32-13-7-12-23-33(30,31)18-10-11-20(28)19(14-18)24-25-21-16(3)26-27(22(21)29)17-8-5-4-6-9-17;1-22(2)20-14-18(23(3)4)7-5-16(20)13-17-6-8-19(15-21(17)22)24-9-11-25-12-10-24;/h2*4-6,8-11,14-15,23,28-29H,7,12-13H2,1-3H3;5-8,13-15H,9-12H2,1-4H3;/q;;+1;. The molecule has 23 nitrogen and oxygen atoms in total. The molecule has 0 unspecified atom stereocenters. The Morgan fingerprint density at radius 2 is 1.09 bits per heavy atom. The molecule has 26 heteroatoms. The van der Waals surface area contributed by atoms with Crippen LogP contribution in [0.25, 0.3) is 17.5 Å². The van der Waals surface area contributed by atoms with Gasteiger partial charge in [0.25, 0.3) is 0 Å². The molecule has 0 atom stereocenters. The summed E-state index contributed by atoms with van der Waals surface area (Å²) in [5.41, 5.74) is 10.3. The Kier molecular flexibility index (Phi) is 24.7. The largest absolute Gasteiger partial charge is 0.506 e. The maximum absolute atomic E-state index is 12.6. The molecule has 0 spiro atoms. The van der Waals surface area contributed by atoms with E-state index in [4.69, 9.17) is 14.2 Å². The number of nitrogens with zero attached hydrogens (tertiary/aromatic N) is 10. The molecule has 6 N–H and O–H groups in total. The van der Waals surface area contributed by atoms with Crippen molar-refractivity contribution in [1.29, 1.82) is 0 Å². The first-order chi connectivity index (χ1) is 43.3. The number of ether oxygens (including phenoxy) is 3. The van der Waals surface area contributed by atoms with Gasteiger partial charge in [-0.25, -0.2) is 30.9 Å². The van der Waals surface area contributed by atoms with Crippen molar-refractivity contribution in [3.8, 4) is 34.6 Å². The summed E-state index contributed by atoms with van der Waals surface area (Å²) in [6, 6.07) is 32.4. The van der Waals surface area contributed by atoms with Crippen molar-refractivity contribution in [1.82, 2.24) is 29.0 Å². The van der Waals surface area contributed by atoms with Crippen LogP contribution in [-0.4, -0.2) is 146 Å². The summed E-state index contributed by atoms with van der Waals surface area (Å²) in [5.74, 6) is -0.960. The van der Waals surface area contributed by atoms with Crippen LogP contribution in [0, 0.1) is 13.8 Å². The van der Waals surface area contributed by atoms with Gasteiger partial charge in [-0.05, 0) is 162 Å². The van der Waals surface area contributed by atoms with Crippen LogP contribution >= 0.6 is 0 Å². The number of rotatable bonds is 21. The van der Waals surface area contributed by atoms with Crippen LogP contribution in [0.15, 0.2) is 175 Å². The summed E-state index contributed by atoms with van der Waals surface area (Å²) in [5, 5.41) is 65.8. The zero-order chi connectivity index (χ0) is 65.6. The van der Waals surface area contributed by atoms with Gasteiger partial charge < -0.3 is 39.5 Å². The van der Waals surface area contributed by atoms with Crippen LogP contribution in [0.4, 0.5) is 28.4 Å². The van der Waals surface area contributed by atoms with E-state index >= 15 is 0 Å². The Hall–Kier alpha value is -8.18. The van der Waals surface area contributed by atoms with Crippen molar-refractivity contribution < 1.29 is 72.8 Å². The molecule has 1 saturated heterocycles. The first-order valence-corrected chi connectivity index (χ1v) is 32.8. The second-order valence-corrected chi connectivity index (χ2v) is 26.4. The number of phenols is 2. The number of azo groups is 2. The molecule has 10 rings (SSSR count). The minimum atomic E-state index is -3.82. The van der Waals surface area contributed by atoms with Crippen LogP contribution in [-0.2, 0) is 56.5 Å².